The van der Waals surface area contributed by atoms with Crippen molar-refractivity contribution in [2.24, 2.45) is 13.0 Å². The third-order valence-electron chi connectivity index (χ3n) is 4.81. The Bertz CT molecular complexity index is 739. The molecule has 0 bridgehead atoms. The summed E-state index contributed by atoms with van der Waals surface area (Å²) in [5.41, 5.74) is 2.18. The molecule has 0 radical (unpaired) electrons. The first-order valence-electron chi connectivity index (χ1n) is 9.20. The monoisotopic (exact) mass is 356 g/mol. The predicted molar refractivity (Wildman–Crippen MR) is 101 cm³/mol. The summed E-state index contributed by atoms with van der Waals surface area (Å²) in [5, 5.41) is 10.7. The van der Waals surface area contributed by atoms with Crippen molar-refractivity contribution in [1.82, 2.24) is 20.4 Å². The summed E-state index contributed by atoms with van der Waals surface area (Å²) in [6.45, 7) is 7.52. The zero-order valence-electron chi connectivity index (χ0n) is 15.9. The van der Waals surface area contributed by atoms with Crippen LogP contribution in [0.3, 0.4) is 0 Å². The van der Waals surface area contributed by atoms with E-state index >= 15 is 0 Å². The van der Waals surface area contributed by atoms with E-state index in [1.807, 2.05) is 64.5 Å². The predicted octanol–water partition coefficient (Wildman–Crippen LogP) is 2.39. The normalized spacial score (nSPS) is 21.0. The number of amides is 1. The fourth-order valence-electron chi connectivity index (χ4n) is 3.45. The lowest BCUT2D eigenvalue weighted by molar-refractivity contribution is -0.125. The molecule has 0 spiro atoms. The van der Waals surface area contributed by atoms with E-state index in [0.717, 1.165) is 23.4 Å². The minimum atomic E-state index is -0.0785. The van der Waals surface area contributed by atoms with Crippen LogP contribution in [0.1, 0.15) is 43.9 Å². The summed E-state index contributed by atoms with van der Waals surface area (Å²) < 4.78 is 7.46. The smallest absolute Gasteiger partial charge is 0.225 e. The molecule has 1 aliphatic heterocycles. The van der Waals surface area contributed by atoms with Crippen LogP contribution in [0.2, 0.25) is 0 Å². The molecule has 3 rings (SSSR count). The molecule has 1 amide bonds. The highest BCUT2D eigenvalue weighted by molar-refractivity contribution is 5.81. The van der Waals surface area contributed by atoms with Crippen LogP contribution >= 0.6 is 0 Å². The van der Waals surface area contributed by atoms with E-state index in [9.17, 15) is 4.79 Å². The largest absolute Gasteiger partial charge is 0.491 e. The van der Waals surface area contributed by atoms with Crippen LogP contribution in [-0.4, -0.2) is 34.9 Å². The van der Waals surface area contributed by atoms with Crippen molar-refractivity contribution in [3.05, 3.63) is 47.8 Å². The Morgan fingerprint density at radius 2 is 2.00 bits per heavy atom. The first-order valence-corrected chi connectivity index (χ1v) is 9.20. The van der Waals surface area contributed by atoms with Crippen molar-refractivity contribution in [1.29, 1.82) is 0 Å². The van der Waals surface area contributed by atoms with E-state index in [1.165, 1.54) is 0 Å². The van der Waals surface area contributed by atoms with Crippen LogP contribution in [0, 0.1) is 5.92 Å². The minimum absolute atomic E-state index is 0.0502. The summed E-state index contributed by atoms with van der Waals surface area (Å²) in [7, 11) is 1.90. The number of aryl methyl sites for hydroxylation is 1. The number of hydrogen-bond donors (Lipinski definition) is 2. The Kier molecular flexibility index (Phi) is 5.61. The van der Waals surface area contributed by atoms with Gasteiger partial charge in [0, 0.05) is 32.3 Å². The van der Waals surface area contributed by atoms with Crippen molar-refractivity contribution in [2.75, 3.05) is 13.1 Å². The zero-order chi connectivity index (χ0) is 18.7. The molecule has 2 aromatic rings. The van der Waals surface area contributed by atoms with Gasteiger partial charge in [-0.15, -0.1) is 0 Å². The molecule has 1 fully saturated rings. The Labute approximate surface area is 154 Å². The van der Waals surface area contributed by atoms with Gasteiger partial charge in [0.15, 0.2) is 0 Å². The number of nitrogens with one attached hydrogen (secondary N) is 2. The number of carbonyl (C=O) groups is 1. The van der Waals surface area contributed by atoms with Gasteiger partial charge in [0.2, 0.25) is 5.91 Å². The number of nitrogens with zero attached hydrogens (tertiary/aromatic N) is 2. The fraction of sp³-hybridized carbons (Fsp3) is 0.500. The number of hydrogen-bond acceptors (Lipinski definition) is 4. The average molecular weight is 356 g/mol. The number of ether oxygens (including phenoxy) is 1. The van der Waals surface area contributed by atoms with Gasteiger partial charge in [-0.25, -0.2) is 0 Å². The highest BCUT2D eigenvalue weighted by Gasteiger charge is 2.35. The summed E-state index contributed by atoms with van der Waals surface area (Å²) in [4.78, 5) is 12.8. The molecule has 2 N–H and O–H groups in total. The molecule has 26 heavy (non-hydrogen) atoms. The third kappa shape index (κ3) is 4.25. The SMILES string of the molecule is CC(C)Oc1ccc(C(C)NC(=O)[C@H]2CNC[C@@H]2c2cnn(C)c2)cc1. The molecule has 1 unspecified atom stereocenters. The van der Waals surface area contributed by atoms with Crippen molar-refractivity contribution < 1.29 is 9.53 Å². The van der Waals surface area contributed by atoms with Gasteiger partial charge in [-0.2, -0.15) is 5.10 Å². The van der Waals surface area contributed by atoms with Gasteiger partial charge in [-0.3, -0.25) is 9.48 Å². The van der Waals surface area contributed by atoms with Crippen LogP contribution in [0.4, 0.5) is 0 Å². The number of benzene rings is 1. The van der Waals surface area contributed by atoms with Crippen molar-refractivity contribution in [3.8, 4) is 5.75 Å². The molecular formula is C20H28N4O2. The molecule has 6 nitrogen and oxygen atoms in total. The second kappa shape index (κ2) is 7.91. The Morgan fingerprint density at radius 1 is 1.27 bits per heavy atom. The molecule has 1 saturated heterocycles. The highest BCUT2D eigenvalue weighted by atomic mass is 16.5. The lowest BCUT2D eigenvalue weighted by Crippen LogP contribution is -2.35. The third-order valence-corrected chi connectivity index (χ3v) is 4.81. The maximum absolute atomic E-state index is 12.8. The quantitative estimate of drug-likeness (QED) is 0.834. The van der Waals surface area contributed by atoms with Crippen molar-refractivity contribution >= 4 is 5.91 Å². The van der Waals surface area contributed by atoms with Crippen LogP contribution < -0.4 is 15.4 Å². The van der Waals surface area contributed by atoms with E-state index in [-0.39, 0.29) is 29.9 Å². The van der Waals surface area contributed by atoms with Crippen LogP contribution in [0.25, 0.3) is 0 Å². The van der Waals surface area contributed by atoms with E-state index in [2.05, 4.69) is 15.7 Å². The van der Waals surface area contributed by atoms with E-state index < -0.39 is 0 Å². The van der Waals surface area contributed by atoms with Gasteiger partial charge in [0.1, 0.15) is 5.75 Å². The Balaban J connectivity index is 1.63. The molecule has 0 saturated carbocycles. The van der Waals surface area contributed by atoms with Crippen LogP contribution in [-0.2, 0) is 11.8 Å². The molecule has 1 aromatic heterocycles. The average Bonchev–Trinajstić information content (AvgIpc) is 3.23. The summed E-state index contributed by atoms with van der Waals surface area (Å²) in [6.07, 6.45) is 4.00. The fourth-order valence-corrected chi connectivity index (χ4v) is 3.45. The highest BCUT2D eigenvalue weighted by Crippen LogP contribution is 2.29. The van der Waals surface area contributed by atoms with Gasteiger partial charge < -0.3 is 15.4 Å². The number of aromatic nitrogens is 2. The Hall–Kier alpha value is -2.34. The van der Waals surface area contributed by atoms with Gasteiger partial charge in [-0.05, 0) is 44.0 Å². The topological polar surface area (TPSA) is 68.2 Å². The first-order chi connectivity index (χ1) is 12.4. The second-order valence-corrected chi connectivity index (χ2v) is 7.28. The standard InChI is InChI=1S/C20H28N4O2/c1-13(2)26-17-7-5-15(6-8-17)14(3)23-20(25)19-11-21-10-18(19)16-9-22-24(4)12-16/h5-9,12-14,18-19,21H,10-11H2,1-4H3,(H,23,25)/t14?,18-,19+/m1/s1. The maximum Gasteiger partial charge on any atom is 0.225 e. The number of rotatable bonds is 6. The van der Waals surface area contributed by atoms with Crippen LogP contribution in [0.5, 0.6) is 5.75 Å². The molecular weight excluding hydrogens is 328 g/mol. The number of carbonyl (C=O) groups excluding carboxylic acids is 1. The van der Waals surface area contributed by atoms with Crippen molar-refractivity contribution in [3.63, 3.8) is 0 Å². The first kappa shape index (κ1) is 18.5. The minimum Gasteiger partial charge on any atom is -0.491 e. The van der Waals surface area contributed by atoms with Gasteiger partial charge in [-0.1, -0.05) is 12.1 Å². The molecule has 0 aliphatic carbocycles. The van der Waals surface area contributed by atoms with E-state index in [4.69, 9.17) is 4.74 Å². The lowest BCUT2D eigenvalue weighted by Gasteiger charge is -2.21. The molecule has 2 heterocycles. The zero-order valence-corrected chi connectivity index (χ0v) is 15.9. The summed E-state index contributed by atoms with van der Waals surface area (Å²) in [6, 6.07) is 7.87. The second-order valence-electron chi connectivity index (χ2n) is 7.28. The Morgan fingerprint density at radius 3 is 2.62 bits per heavy atom. The van der Waals surface area contributed by atoms with Crippen molar-refractivity contribution in [2.45, 2.75) is 38.8 Å². The van der Waals surface area contributed by atoms with E-state index in [0.29, 0.717) is 6.54 Å². The maximum atomic E-state index is 12.8. The van der Waals surface area contributed by atoms with Gasteiger partial charge >= 0.3 is 0 Å². The summed E-state index contributed by atoms with van der Waals surface area (Å²) >= 11 is 0. The van der Waals surface area contributed by atoms with E-state index in [1.54, 1.807) is 4.68 Å². The molecule has 140 valence electrons. The lowest BCUT2D eigenvalue weighted by atomic mass is 9.90. The van der Waals surface area contributed by atoms with Gasteiger partial charge in [0.25, 0.3) is 0 Å². The van der Waals surface area contributed by atoms with Crippen LogP contribution in [0.15, 0.2) is 36.7 Å². The molecule has 6 heteroatoms. The van der Waals surface area contributed by atoms with Gasteiger partial charge in [0.05, 0.1) is 24.3 Å². The molecule has 3 atom stereocenters. The molecule has 1 aliphatic rings. The molecule has 1 aromatic carbocycles. The summed E-state index contributed by atoms with van der Waals surface area (Å²) in [5.74, 6) is 1.01.